The molecular weight excluding hydrogens is 348 g/mol. The average Bonchev–Trinajstić information content (AvgIpc) is 3.15. The van der Waals surface area contributed by atoms with Gasteiger partial charge in [-0.05, 0) is 30.5 Å². The highest BCUT2D eigenvalue weighted by molar-refractivity contribution is 5.99. The molecule has 1 atom stereocenters. The molecule has 1 aliphatic carbocycles. The predicted octanol–water partition coefficient (Wildman–Crippen LogP) is 4.40. The lowest BCUT2D eigenvalue weighted by atomic mass is 9.94. The van der Waals surface area contributed by atoms with Gasteiger partial charge in [0.1, 0.15) is 0 Å². The zero-order valence-corrected chi connectivity index (χ0v) is 16.3. The molecule has 1 saturated heterocycles. The summed E-state index contributed by atoms with van der Waals surface area (Å²) in [7, 11) is 0. The second-order valence-electron chi connectivity index (χ2n) is 7.98. The summed E-state index contributed by atoms with van der Waals surface area (Å²) in [6, 6.07) is 20.2. The molecule has 146 valence electrons. The molecule has 4 heteroatoms. The number of hydrogen-bond acceptors (Lipinski definition) is 2. The van der Waals surface area contributed by atoms with E-state index in [0.29, 0.717) is 25.6 Å². The molecule has 2 fully saturated rings. The van der Waals surface area contributed by atoms with Crippen molar-refractivity contribution in [3.63, 3.8) is 0 Å². The predicted molar refractivity (Wildman–Crippen MR) is 111 cm³/mol. The lowest BCUT2D eigenvalue weighted by Crippen LogP contribution is -2.40. The van der Waals surface area contributed by atoms with E-state index in [1.165, 1.54) is 19.3 Å². The van der Waals surface area contributed by atoms with E-state index in [1.807, 2.05) is 70.5 Å². The normalized spacial score (nSPS) is 20.4. The van der Waals surface area contributed by atoms with Gasteiger partial charge in [0.2, 0.25) is 11.8 Å². The fourth-order valence-corrected chi connectivity index (χ4v) is 4.53. The number of rotatable bonds is 5. The minimum absolute atomic E-state index is 0.0571. The van der Waals surface area contributed by atoms with E-state index in [4.69, 9.17) is 0 Å². The molecule has 2 aromatic carbocycles. The Hall–Kier alpha value is -2.62. The van der Waals surface area contributed by atoms with Crippen LogP contribution in [0.2, 0.25) is 0 Å². The first-order chi connectivity index (χ1) is 13.7. The summed E-state index contributed by atoms with van der Waals surface area (Å²) in [5, 5.41) is 0. The summed E-state index contributed by atoms with van der Waals surface area (Å²) < 4.78 is 0. The van der Waals surface area contributed by atoms with Crippen LogP contribution in [0.5, 0.6) is 0 Å². The van der Waals surface area contributed by atoms with Crippen LogP contribution in [0, 0.1) is 5.92 Å². The van der Waals surface area contributed by atoms with Gasteiger partial charge in [-0.1, -0.05) is 67.8 Å². The number of carbonyl (C=O) groups is 2. The van der Waals surface area contributed by atoms with Crippen LogP contribution in [-0.4, -0.2) is 29.3 Å². The highest BCUT2D eigenvalue weighted by atomic mass is 16.2. The Morgan fingerprint density at radius 3 is 2.25 bits per heavy atom. The first kappa shape index (κ1) is 18.7. The van der Waals surface area contributed by atoms with Crippen molar-refractivity contribution in [3.05, 3.63) is 66.2 Å². The Bertz CT molecular complexity index is 800. The van der Waals surface area contributed by atoms with Crippen LogP contribution in [-0.2, 0) is 16.1 Å². The minimum Gasteiger partial charge on any atom is -0.339 e. The Kier molecular flexibility index (Phi) is 5.75. The monoisotopic (exact) mass is 376 g/mol. The smallest absolute Gasteiger partial charge is 0.232 e. The summed E-state index contributed by atoms with van der Waals surface area (Å²) in [5.41, 5.74) is 1.98. The van der Waals surface area contributed by atoms with Crippen molar-refractivity contribution in [3.8, 4) is 0 Å². The molecule has 0 spiro atoms. The Labute approximate surface area is 167 Å². The van der Waals surface area contributed by atoms with Gasteiger partial charge in [0.05, 0.1) is 12.5 Å². The average molecular weight is 376 g/mol. The van der Waals surface area contributed by atoms with Gasteiger partial charge in [-0.3, -0.25) is 9.59 Å². The summed E-state index contributed by atoms with van der Waals surface area (Å²) >= 11 is 0. The van der Waals surface area contributed by atoms with E-state index >= 15 is 0 Å². The van der Waals surface area contributed by atoms with Gasteiger partial charge in [0.25, 0.3) is 0 Å². The lowest BCUT2D eigenvalue weighted by Gasteiger charge is -2.31. The first-order valence-electron chi connectivity index (χ1n) is 10.4. The SMILES string of the molecule is O=C(C1CC(=O)N(C2CCCCC2)C1)N(Cc1ccccc1)c1ccccc1. The van der Waals surface area contributed by atoms with Crippen molar-refractivity contribution in [2.24, 2.45) is 5.92 Å². The van der Waals surface area contributed by atoms with E-state index in [1.54, 1.807) is 0 Å². The molecule has 0 N–H and O–H groups in total. The maximum Gasteiger partial charge on any atom is 0.232 e. The fourth-order valence-electron chi connectivity index (χ4n) is 4.53. The van der Waals surface area contributed by atoms with Crippen LogP contribution >= 0.6 is 0 Å². The number of anilines is 1. The number of carbonyl (C=O) groups excluding carboxylic acids is 2. The topological polar surface area (TPSA) is 40.6 Å². The van der Waals surface area contributed by atoms with Crippen molar-refractivity contribution in [1.82, 2.24) is 4.90 Å². The van der Waals surface area contributed by atoms with E-state index < -0.39 is 0 Å². The van der Waals surface area contributed by atoms with E-state index in [0.717, 1.165) is 24.1 Å². The summed E-state index contributed by atoms with van der Waals surface area (Å²) in [5.74, 6) is -0.0435. The van der Waals surface area contributed by atoms with E-state index in [2.05, 4.69) is 0 Å². The van der Waals surface area contributed by atoms with Crippen molar-refractivity contribution in [2.45, 2.75) is 51.1 Å². The number of hydrogen-bond donors (Lipinski definition) is 0. The molecule has 1 heterocycles. The van der Waals surface area contributed by atoms with Gasteiger partial charge in [-0.2, -0.15) is 0 Å². The molecule has 2 aliphatic rings. The van der Waals surface area contributed by atoms with Crippen LogP contribution in [0.4, 0.5) is 5.69 Å². The number of nitrogens with zero attached hydrogens (tertiary/aromatic N) is 2. The number of likely N-dealkylation sites (tertiary alicyclic amines) is 1. The molecule has 0 aromatic heterocycles. The van der Waals surface area contributed by atoms with Crippen molar-refractivity contribution in [1.29, 1.82) is 0 Å². The van der Waals surface area contributed by atoms with Crippen LogP contribution in [0.25, 0.3) is 0 Å². The van der Waals surface area contributed by atoms with E-state index in [-0.39, 0.29) is 17.7 Å². The first-order valence-corrected chi connectivity index (χ1v) is 10.4. The second-order valence-corrected chi connectivity index (χ2v) is 7.98. The minimum atomic E-state index is -0.252. The maximum absolute atomic E-state index is 13.5. The zero-order chi connectivity index (χ0) is 19.3. The molecule has 2 amide bonds. The molecule has 0 bridgehead atoms. The second kappa shape index (κ2) is 8.59. The van der Waals surface area contributed by atoms with Crippen molar-refractivity contribution >= 4 is 17.5 Å². The third kappa shape index (κ3) is 4.11. The van der Waals surface area contributed by atoms with Gasteiger partial charge in [0.15, 0.2) is 0 Å². The standard InChI is InChI=1S/C24H28N2O2/c27-23-16-20(18-25(23)21-12-6-2-7-13-21)24(28)26(22-14-8-3-9-15-22)17-19-10-4-1-5-11-19/h1,3-5,8-11,14-15,20-21H,2,6-7,12-13,16-18H2. The van der Waals surface area contributed by atoms with Crippen LogP contribution in [0.3, 0.4) is 0 Å². The molecule has 1 aliphatic heterocycles. The summed E-state index contributed by atoms with van der Waals surface area (Å²) in [6.07, 6.45) is 6.15. The largest absolute Gasteiger partial charge is 0.339 e. The fraction of sp³-hybridized carbons (Fsp3) is 0.417. The molecular formula is C24H28N2O2. The van der Waals surface area contributed by atoms with Crippen LogP contribution in [0.15, 0.2) is 60.7 Å². The van der Waals surface area contributed by atoms with Gasteiger partial charge in [-0.25, -0.2) is 0 Å². The quantitative estimate of drug-likeness (QED) is 0.776. The molecule has 0 radical (unpaired) electrons. The molecule has 1 saturated carbocycles. The van der Waals surface area contributed by atoms with Gasteiger partial charge in [0, 0.05) is 24.7 Å². The number of benzene rings is 2. The van der Waals surface area contributed by atoms with Crippen molar-refractivity contribution in [2.75, 3.05) is 11.4 Å². The molecule has 4 rings (SSSR count). The number of para-hydroxylation sites is 1. The maximum atomic E-state index is 13.5. The summed E-state index contributed by atoms with van der Waals surface area (Å²) in [6.45, 7) is 1.10. The molecule has 4 nitrogen and oxygen atoms in total. The zero-order valence-electron chi connectivity index (χ0n) is 16.3. The van der Waals surface area contributed by atoms with E-state index in [9.17, 15) is 9.59 Å². The van der Waals surface area contributed by atoms with Crippen LogP contribution < -0.4 is 4.90 Å². The molecule has 28 heavy (non-hydrogen) atoms. The van der Waals surface area contributed by atoms with Gasteiger partial charge in [-0.15, -0.1) is 0 Å². The highest BCUT2D eigenvalue weighted by Crippen LogP contribution is 2.31. The Balaban J connectivity index is 1.53. The summed E-state index contributed by atoms with van der Waals surface area (Å²) in [4.78, 5) is 30.0. The van der Waals surface area contributed by atoms with Crippen molar-refractivity contribution < 1.29 is 9.59 Å². The Morgan fingerprint density at radius 1 is 0.929 bits per heavy atom. The third-order valence-corrected chi connectivity index (χ3v) is 6.04. The third-order valence-electron chi connectivity index (χ3n) is 6.04. The van der Waals surface area contributed by atoms with Gasteiger partial charge < -0.3 is 9.80 Å². The Morgan fingerprint density at radius 2 is 1.57 bits per heavy atom. The highest BCUT2D eigenvalue weighted by Gasteiger charge is 2.40. The lowest BCUT2D eigenvalue weighted by molar-refractivity contribution is -0.130. The molecule has 1 unspecified atom stereocenters. The molecule has 2 aromatic rings. The number of amides is 2. The van der Waals surface area contributed by atoms with Crippen LogP contribution in [0.1, 0.15) is 44.1 Å². The van der Waals surface area contributed by atoms with Gasteiger partial charge >= 0.3 is 0 Å².